The first-order valence-corrected chi connectivity index (χ1v) is 10.7. The minimum absolute atomic E-state index is 0.121. The van der Waals surface area contributed by atoms with Crippen LogP contribution in [-0.4, -0.2) is 65.4 Å². The second-order valence-corrected chi connectivity index (χ2v) is 8.68. The number of carbonyl (C=O) groups is 2. The quantitative estimate of drug-likeness (QED) is 0.531. The number of anilines is 2. The van der Waals surface area contributed by atoms with Gasteiger partial charge in [-0.15, -0.1) is 0 Å². The second-order valence-electron chi connectivity index (χ2n) is 6.62. The third-order valence-electron chi connectivity index (χ3n) is 4.18. The van der Waals surface area contributed by atoms with E-state index in [4.69, 9.17) is 4.74 Å². The maximum Gasteiger partial charge on any atom is 0.304 e. The van der Waals surface area contributed by atoms with Crippen molar-refractivity contribution >= 4 is 33.4 Å². The molecule has 0 fully saturated rings. The number of ether oxygens (including phenoxy) is 1. The lowest BCUT2D eigenvalue weighted by Crippen LogP contribution is -2.44. The van der Waals surface area contributed by atoms with E-state index in [0.29, 0.717) is 6.61 Å². The zero-order valence-electron chi connectivity index (χ0n) is 17.5. The Balaban J connectivity index is 2.24. The van der Waals surface area contributed by atoms with Crippen LogP contribution in [-0.2, 0) is 19.7 Å². The first kappa shape index (κ1) is 24.3. The van der Waals surface area contributed by atoms with Crippen molar-refractivity contribution in [2.24, 2.45) is 0 Å². The second kappa shape index (κ2) is 10.8. The van der Waals surface area contributed by atoms with Gasteiger partial charge in [0.1, 0.15) is 12.4 Å². The van der Waals surface area contributed by atoms with Crippen LogP contribution in [0.1, 0.15) is 10.4 Å². The van der Waals surface area contributed by atoms with Gasteiger partial charge in [-0.25, -0.2) is 8.70 Å². The van der Waals surface area contributed by atoms with Crippen LogP contribution in [0.2, 0.25) is 0 Å². The summed E-state index contributed by atoms with van der Waals surface area (Å²) in [6.07, 6.45) is 0. The molecule has 0 saturated carbocycles. The van der Waals surface area contributed by atoms with Crippen LogP contribution in [0, 0.1) is 5.82 Å². The van der Waals surface area contributed by atoms with Crippen LogP contribution in [0.15, 0.2) is 48.5 Å². The van der Waals surface area contributed by atoms with Gasteiger partial charge in [0.15, 0.2) is 0 Å². The molecule has 0 radical (unpaired) electrons. The van der Waals surface area contributed by atoms with Crippen LogP contribution in [0.5, 0.6) is 0 Å². The molecule has 2 aromatic rings. The first-order valence-electron chi connectivity index (χ1n) is 9.28. The molecule has 0 unspecified atom stereocenters. The van der Waals surface area contributed by atoms with Gasteiger partial charge in [-0.05, 0) is 36.4 Å². The van der Waals surface area contributed by atoms with Gasteiger partial charge < -0.3 is 15.4 Å². The Morgan fingerprint density at radius 2 is 1.71 bits per heavy atom. The van der Waals surface area contributed by atoms with Crippen LogP contribution in [0.3, 0.4) is 0 Å². The van der Waals surface area contributed by atoms with Crippen molar-refractivity contribution in [2.75, 3.05) is 50.5 Å². The van der Waals surface area contributed by atoms with Crippen molar-refractivity contribution in [3.63, 3.8) is 0 Å². The van der Waals surface area contributed by atoms with Crippen molar-refractivity contribution in [3.05, 3.63) is 59.9 Å². The fourth-order valence-corrected chi connectivity index (χ4v) is 3.65. The molecule has 0 heterocycles. The molecule has 0 atom stereocenters. The van der Waals surface area contributed by atoms with Crippen LogP contribution in [0.25, 0.3) is 0 Å². The molecule has 0 spiro atoms. The number of amides is 2. The summed E-state index contributed by atoms with van der Waals surface area (Å²) in [6.45, 7) is 0.0398. The highest BCUT2D eigenvalue weighted by Gasteiger charge is 2.27. The summed E-state index contributed by atoms with van der Waals surface area (Å²) in [6, 6.07) is 11.1. The molecule has 2 rings (SSSR count). The molecule has 2 aromatic carbocycles. The minimum Gasteiger partial charge on any atom is -0.383 e. The van der Waals surface area contributed by atoms with Crippen molar-refractivity contribution in [1.82, 2.24) is 9.62 Å². The minimum atomic E-state index is -4.04. The SMILES string of the molecule is COCCNC(=O)c1ccccc1NC(=O)CN(c1ccc(F)cc1)S(=O)(=O)N(C)C. The van der Waals surface area contributed by atoms with Gasteiger partial charge in [-0.1, -0.05) is 12.1 Å². The third kappa shape index (κ3) is 6.48. The number of rotatable bonds is 10. The molecule has 0 bridgehead atoms. The summed E-state index contributed by atoms with van der Waals surface area (Å²) in [5.41, 5.74) is 0.565. The van der Waals surface area contributed by atoms with Crippen molar-refractivity contribution in [2.45, 2.75) is 0 Å². The van der Waals surface area contributed by atoms with Gasteiger partial charge in [0.2, 0.25) is 5.91 Å². The number of benzene rings is 2. The molecule has 31 heavy (non-hydrogen) atoms. The average Bonchev–Trinajstić information content (AvgIpc) is 2.73. The molecule has 0 aliphatic rings. The number of hydrogen-bond donors (Lipinski definition) is 2. The predicted molar refractivity (Wildman–Crippen MR) is 116 cm³/mol. The number of halogens is 1. The average molecular weight is 453 g/mol. The van der Waals surface area contributed by atoms with Gasteiger partial charge >= 0.3 is 10.2 Å². The Morgan fingerprint density at radius 1 is 1.06 bits per heavy atom. The largest absolute Gasteiger partial charge is 0.383 e. The number of methoxy groups -OCH3 is 1. The van der Waals surface area contributed by atoms with E-state index in [9.17, 15) is 22.4 Å². The summed E-state index contributed by atoms with van der Waals surface area (Å²) in [5.74, 6) is -1.63. The zero-order chi connectivity index (χ0) is 23.0. The van der Waals surface area contributed by atoms with Gasteiger partial charge in [0.05, 0.1) is 23.5 Å². The van der Waals surface area contributed by atoms with Gasteiger partial charge in [-0.3, -0.25) is 9.59 Å². The smallest absolute Gasteiger partial charge is 0.304 e. The maximum atomic E-state index is 13.3. The first-order chi connectivity index (χ1) is 14.7. The van der Waals surface area contributed by atoms with E-state index in [1.165, 1.54) is 45.5 Å². The zero-order valence-corrected chi connectivity index (χ0v) is 18.3. The van der Waals surface area contributed by atoms with E-state index in [1.807, 2.05) is 0 Å². The van der Waals surface area contributed by atoms with Crippen LogP contribution in [0.4, 0.5) is 15.8 Å². The highest BCUT2D eigenvalue weighted by Crippen LogP contribution is 2.21. The third-order valence-corrected chi connectivity index (χ3v) is 6.00. The summed E-state index contributed by atoms with van der Waals surface area (Å²) >= 11 is 0. The molecule has 11 heteroatoms. The highest BCUT2D eigenvalue weighted by molar-refractivity contribution is 7.90. The molecule has 168 valence electrons. The Morgan fingerprint density at radius 3 is 2.32 bits per heavy atom. The molecular weight excluding hydrogens is 427 g/mol. The fourth-order valence-electron chi connectivity index (χ4n) is 2.58. The lowest BCUT2D eigenvalue weighted by Gasteiger charge is -2.27. The standard InChI is InChI=1S/C20H25FN4O5S/c1-24(2)31(28,29)25(16-10-8-15(21)9-11-16)14-19(26)23-18-7-5-4-6-17(18)20(27)22-12-13-30-3/h4-11H,12-14H2,1-3H3,(H,22,27)(H,23,26). The predicted octanol–water partition coefficient (Wildman–Crippen LogP) is 1.45. The Kier molecular flexibility index (Phi) is 8.48. The molecule has 0 aliphatic carbocycles. The maximum absolute atomic E-state index is 13.3. The van der Waals surface area contributed by atoms with E-state index in [-0.39, 0.29) is 23.5 Å². The van der Waals surface area contributed by atoms with E-state index in [2.05, 4.69) is 10.6 Å². The molecule has 0 aromatic heterocycles. The number of carbonyl (C=O) groups excluding carboxylic acids is 2. The van der Waals surface area contributed by atoms with Crippen LogP contribution >= 0.6 is 0 Å². The highest BCUT2D eigenvalue weighted by atomic mass is 32.2. The fraction of sp³-hybridized carbons (Fsp3) is 0.300. The van der Waals surface area contributed by atoms with E-state index >= 15 is 0 Å². The normalized spacial score (nSPS) is 11.3. The Hall–Kier alpha value is -3.02. The Labute approximate surface area is 181 Å². The van der Waals surface area contributed by atoms with Crippen molar-refractivity contribution in [1.29, 1.82) is 0 Å². The van der Waals surface area contributed by atoms with E-state index < -0.39 is 34.4 Å². The molecule has 2 N–H and O–H groups in total. The summed E-state index contributed by atoms with van der Waals surface area (Å²) in [5, 5.41) is 5.24. The summed E-state index contributed by atoms with van der Waals surface area (Å²) < 4.78 is 45.4. The number of nitrogens with one attached hydrogen (secondary N) is 2. The topological polar surface area (TPSA) is 108 Å². The molecular formula is C20H25FN4O5S. The molecule has 2 amide bonds. The number of nitrogens with zero attached hydrogens (tertiary/aromatic N) is 2. The summed E-state index contributed by atoms with van der Waals surface area (Å²) in [7, 11) is 0.111. The number of para-hydroxylation sites is 1. The lowest BCUT2D eigenvalue weighted by atomic mass is 10.1. The number of hydrogen-bond acceptors (Lipinski definition) is 5. The van der Waals surface area contributed by atoms with Crippen LogP contribution < -0.4 is 14.9 Å². The summed E-state index contributed by atoms with van der Waals surface area (Å²) in [4.78, 5) is 25.1. The lowest BCUT2D eigenvalue weighted by molar-refractivity contribution is -0.114. The van der Waals surface area contributed by atoms with E-state index in [1.54, 1.807) is 12.1 Å². The molecule has 0 aliphatic heterocycles. The van der Waals surface area contributed by atoms with E-state index in [0.717, 1.165) is 20.7 Å². The monoisotopic (exact) mass is 452 g/mol. The Bertz CT molecular complexity index is 1010. The van der Waals surface area contributed by atoms with Gasteiger partial charge in [0, 0.05) is 27.7 Å². The molecule has 0 saturated heterocycles. The van der Waals surface area contributed by atoms with Crippen molar-refractivity contribution in [3.8, 4) is 0 Å². The molecule has 9 nitrogen and oxygen atoms in total. The van der Waals surface area contributed by atoms with Crippen molar-refractivity contribution < 1.29 is 27.1 Å². The van der Waals surface area contributed by atoms with Gasteiger partial charge in [0.25, 0.3) is 5.91 Å². The van der Waals surface area contributed by atoms with Gasteiger partial charge in [-0.2, -0.15) is 12.7 Å².